The van der Waals surface area contributed by atoms with E-state index in [2.05, 4.69) is 36.4 Å². The predicted molar refractivity (Wildman–Crippen MR) is 73.0 cm³/mol. The van der Waals surface area contributed by atoms with Crippen molar-refractivity contribution in [2.75, 3.05) is 6.61 Å². The Morgan fingerprint density at radius 3 is 2.18 bits per heavy atom. The molecule has 17 heavy (non-hydrogen) atoms. The van der Waals surface area contributed by atoms with Gasteiger partial charge in [0.05, 0.1) is 6.61 Å². The lowest BCUT2D eigenvalue weighted by atomic mass is 10.1. The zero-order valence-electron chi connectivity index (χ0n) is 9.71. The van der Waals surface area contributed by atoms with Crippen LogP contribution in [-0.4, -0.2) is 6.61 Å². The minimum absolute atomic E-state index is 0.786. The molecule has 0 fully saturated rings. The van der Waals surface area contributed by atoms with Crippen LogP contribution in [0.5, 0.6) is 0 Å². The third-order valence-electron chi connectivity index (χ3n) is 2.43. The molecule has 0 aromatic heterocycles. The third kappa shape index (κ3) is 4.63. The highest BCUT2D eigenvalue weighted by molar-refractivity contribution is 7.94. The first-order valence-electron chi connectivity index (χ1n) is 5.83. The molecule has 0 amide bonds. The van der Waals surface area contributed by atoms with E-state index in [1.165, 1.54) is 17.6 Å². The summed E-state index contributed by atoms with van der Waals surface area (Å²) in [5, 5.41) is 0. The standard InChI is InChI=1S/C15H16OS/c1-3-8-14(9-4-1)10-7-13-16-17-15-11-5-2-6-12-15/h1-6,8-9,11-12H,7,10,13H2. The maximum absolute atomic E-state index is 5.56. The molecule has 0 radical (unpaired) electrons. The minimum Gasteiger partial charge on any atom is -0.310 e. The van der Waals surface area contributed by atoms with E-state index in [1.54, 1.807) is 0 Å². The molecule has 2 aromatic carbocycles. The van der Waals surface area contributed by atoms with Crippen molar-refractivity contribution in [2.45, 2.75) is 17.7 Å². The summed E-state index contributed by atoms with van der Waals surface area (Å²) >= 11 is 1.46. The van der Waals surface area contributed by atoms with Crippen LogP contribution in [0.3, 0.4) is 0 Å². The topological polar surface area (TPSA) is 9.23 Å². The highest BCUT2D eigenvalue weighted by Crippen LogP contribution is 2.18. The predicted octanol–water partition coefficient (Wildman–Crippen LogP) is 4.34. The number of aryl methyl sites for hydroxylation is 1. The van der Waals surface area contributed by atoms with Crippen LogP contribution in [0.15, 0.2) is 65.6 Å². The number of hydrogen-bond donors (Lipinski definition) is 0. The quantitative estimate of drug-likeness (QED) is 0.552. The Morgan fingerprint density at radius 1 is 0.824 bits per heavy atom. The van der Waals surface area contributed by atoms with Crippen LogP contribution in [0.1, 0.15) is 12.0 Å². The van der Waals surface area contributed by atoms with Crippen LogP contribution >= 0.6 is 12.0 Å². The van der Waals surface area contributed by atoms with E-state index in [0.717, 1.165) is 24.3 Å². The molecular formula is C15H16OS. The van der Waals surface area contributed by atoms with Crippen LogP contribution < -0.4 is 0 Å². The Balaban J connectivity index is 1.61. The summed E-state index contributed by atoms with van der Waals surface area (Å²) in [6.45, 7) is 0.786. The van der Waals surface area contributed by atoms with E-state index < -0.39 is 0 Å². The first-order valence-corrected chi connectivity index (χ1v) is 6.58. The van der Waals surface area contributed by atoms with Crippen molar-refractivity contribution in [2.24, 2.45) is 0 Å². The number of rotatable bonds is 6. The lowest BCUT2D eigenvalue weighted by Crippen LogP contribution is -1.91. The second-order valence-corrected chi connectivity index (χ2v) is 4.68. The van der Waals surface area contributed by atoms with E-state index in [1.807, 2.05) is 24.3 Å². The van der Waals surface area contributed by atoms with Crippen LogP contribution in [0.2, 0.25) is 0 Å². The van der Waals surface area contributed by atoms with Gasteiger partial charge in [-0.3, -0.25) is 0 Å². The molecule has 0 saturated heterocycles. The van der Waals surface area contributed by atoms with Gasteiger partial charge >= 0.3 is 0 Å². The van der Waals surface area contributed by atoms with Gasteiger partial charge in [-0.1, -0.05) is 48.5 Å². The molecule has 0 heterocycles. The van der Waals surface area contributed by atoms with E-state index in [-0.39, 0.29) is 0 Å². The molecule has 0 aliphatic rings. The Kier molecular flexibility index (Phi) is 5.14. The van der Waals surface area contributed by atoms with Crippen molar-refractivity contribution in [3.8, 4) is 0 Å². The Morgan fingerprint density at radius 2 is 1.47 bits per heavy atom. The second kappa shape index (κ2) is 7.15. The molecule has 0 unspecified atom stereocenters. The maximum atomic E-state index is 5.56. The van der Waals surface area contributed by atoms with Crippen molar-refractivity contribution >= 4 is 12.0 Å². The van der Waals surface area contributed by atoms with Gasteiger partial charge in [0, 0.05) is 16.9 Å². The number of benzene rings is 2. The second-order valence-electron chi connectivity index (χ2n) is 3.81. The smallest absolute Gasteiger partial charge is 0.0621 e. The lowest BCUT2D eigenvalue weighted by Gasteiger charge is -2.03. The molecule has 1 nitrogen and oxygen atoms in total. The van der Waals surface area contributed by atoms with Crippen LogP contribution in [0.4, 0.5) is 0 Å². The third-order valence-corrected chi connectivity index (χ3v) is 3.18. The first kappa shape index (κ1) is 12.2. The Hall–Kier alpha value is -1.25. The average molecular weight is 244 g/mol. The van der Waals surface area contributed by atoms with Crippen molar-refractivity contribution in [1.29, 1.82) is 0 Å². The van der Waals surface area contributed by atoms with E-state index in [0.29, 0.717) is 0 Å². The molecule has 0 aliphatic carbocycles. The summed E-state index contributed by atoms with van der Waals surface area (Å²) < 4.78 is 5.56. The highest BCUT2D eigenvalue weighted by atomic mass is 32.2. The maximum Gasteiger partial charge on any atom is 0.0621 e. The number of hydrogen-bond acceptors (Lipinski definition) is 2. The van der Waals surface area contributed by atoms with E-state index >= 15 is 0 Å². The molecule has 0 aliphatic heterocycles. The van der Waals surface area contributed by atoms with Gasteiger partial charge in [-0.05, 0) is 30.5 Å². The molecule has 0 saturated carbocycles. The lowest BCUT2D eigenvalue weighted by molar-refractivity contribution is 0.365. The van der Waals surface area contributed by atoms with Gasteiger partial charge < -0.3 is 4.18 Å². The van der Waals surface area contributed by atoms with Crippen LogP contribution in [0.25, 0.3) is 0 Å². The summed E-state index contributed by atoms with van der Waals surface area (Å²) in [7, 11) is 0. The van der Waals surface area contributed by atoms with Crippen molar-refractivity contribution < 1.29 is 4.18 Å². The van der Waals surface area contributed by atoms with E-state index in [4.69, 9.17) is 4.18 Å². The fourth-order valence-corrected chi connectivity index (χ4v) is 2.17. The average Bonchev–Trinajstić information content (AvgIpc) is 2.41. The molecule has 0 bridgehead atoms. The summed E-state index contributed by atoms with van der Waals surface area (Å²) in [5.74, 6) is 0. The molecule has 0 spiro atoms. The summed E-state index contributed by atoms with van der Waals surface area (Å²) in [6, 6.07) is 20.7. The van der Waals surface area contributed by atoms with Crippen molar-refractivity contribution in [3.63, 3.8) is 0 Å². The largest absolute Gasteiger partial charge is 0.310 e. The van der Waals surface area contributed by atoms with Gasteiger partial charge in [0.2, 0.25) is 0 Å². The van der Waals surface area contributed by atoms with Gasteiger partial charge in [0.25, 0.3) is 0 Å². The fourth-order valence-electron chi connectivity index (χ4n) is 1.57. The van der Waals surface area contributed by atoms with E-state index in [9.17, 15) is 0 Å². The van der Waals surface area contributed by atoms with Gasteiger partial charge in [-0.2, -0.15) is 0 Å². The summed E-state index contributed by atoms with van der Waals surface area (Å²) in [6.07, 6.45) is 2.14. The normalized spacial score (nSPS) is 10.4. The van der Waals surface area contributed by atoms with Gasteiger partial charge in [0.15, 0.2) is 0 Å². The molecular weight excluding hydrogens is 228 g/mol. The molecule has 2 heteroatoms. The van der Waals surface area contributed by atoms with Crippen LogP contribution in [-0.2, 0) is 10.6 Å². The molecule has 2 aromatic rings. The molecule has 0 N–H and O–H groups in total. The summed E-state index contributed by atoms with van der Waals surface area (Å²) in [5.41, 5.74) is 1.38. The summed E-state index contributed by atoms with van der Waals surface area (Å²) in [4.78, 5) is 1.16. The molecule has 2 rings (SSSR count). The Bertz CT molecular complexity index is 372. The first-order chi connectivity index (χ1) is 8.45. The van der Waals surface area contributed by atoms with Crippen molar-refractivity contribution in [1.82, 2.24) is 0 Å². The van der Waals surface area contributed by atoms with Gasteiger partial charge in [-0.15, -0.1) is 0 Å². The van der Waals surface area contributed by atoms with Crippen LogP contribution in [0, 0.1) is 0 Å². The molecule has 88 valence electrons. The monoisotopic (exact) mass is 244 g/mol. The minimum atomic E-state index is 0.786. The van der Waals surface area contributed by atoms with Gasteiger partial charge in [0.1, 0.15) is 0 Å². The Labute approximate surface area is 107 Å². The SMILES string of the molecule is c1ccc(CCCOSc2ccccc2)cc1. The zero-order chi connectivity index (χ0) is 11.8. The fraction of sp³-hybridized carbons (Fsp3) is 0.200. The zero-order valence-corrected chi connectivity index (χ0v) is 10.5. The van der Waals surface area contributed by atoms with Crippen molar-refractivity contribution in [3.05, 3.63) is 66.2 Å². The molecule has 0 atom stereocenters. The van der Waals surface area contributed by atoms with Gasteiger partial charge in [-0.25, -0.2) is 0 Å². The highest BCUT2D eigenvalue weighted by Gasteiger charge is 1.95.